The van der Waals surface area contributed by atoms with E-state index in [1.807, 2.05) is 6.92 Å². The van der Waals surface area contributed by atoms with E-state index in [2.05, 4.69) is 0 Å². The fraction of sp³-hybridized carbons (Fsp3) is 0.0909. The molecule has 0 aliphatic rings. The van der Waals surface area contributed by atoms with Crippen LogP contribution < -0.4 is 5.73 Å². The first-order valence-electron chi connectivity index (χ1n) is 4.39. The molecule has 78 valence electrons. The van der Waals surface area contributed by atoms with Crippen molar-refractivity contribution in [2.45, 2.75) is 6.92 Å². The van der Waals surface area contributed by atoms with Gasteiger partial charge in [-0.1, -0.05) is 0 Å². The molecule has 1 aromatic carbocycles. The monoisotopic (exact) mass is 225 g/mol. The van der Waals surface area contributed by atoms with E-state index >= 15 is 0 Å². The van der Waals surface area contributed by atoms with Gasteiger partial charge in [0.2, 0.25) is 0 Å². The van der Waals surface area contributed by atoms with E-state index < -0.39 is 11.6 Å². The third-order valence-electron chi connectivity index (χ3n) is 2.16. The lowest BCUT2D eigenvalue weighted by Gasteiger charge is -2.02. The predicted octanol–water partition coefficient (Wildman–Crippen LogP) is 3.58. The molecule has 0 saturated heterocycles. The minimum absolute atomic E-state index is 0.264. The molecule has 0 saturated carbocycles. The Morgan fingerprint density at radius 2 is 1.87 bits per heavy atom. The van der Waals surface area contributed by atoms with Gasteiger partial charge in [0.25, 0.3) is 0 Å². The van der Waals surface area contributed by atoms with E-state index in [0.717, 1.165) is 17.0 Å². The number of thiophene rings is 1. The van der Waals surface area contributed by atoms with Crippen molar-refractivity contribution < 1.29 is 8.78 Å². The Hall–Kier alpha value is -1.42. The van der Waals surface area contributed by atoms with Crippen LogP contribution in [0.5, 0.6) is 0 Å². The molecule has 2 aromatic rings. The zero-order valence-corrected chi connectivity index (χ0v) is 8.87. The van der Waals surface area contributed by atoms with Crippen molar-refractivity contribution in [2.75, 3.05) is 5.73 Å². The number of nitrogens with two attached hydrogens (primary N) is 1. The second-order valence-electron chi connectivity index (χ2n) is 3.24. The molecular formula is C11H9F2NS. The minimum atomic E-state index is -0.449. The van der Waals surface area contributed by atoms with Gasteiger partial charge in [-0.05, 0) is 31.2 Å². The Bertz CT molecular complexity index is 505. The first kappa shape index (κ1) is 10.1. The van der Waals surface area contributed by atoms with Gasteiger partial charge < -0.3 is 5.73 Å². The Kier molecular flexibility index (Phi) is 2.44. The van der Waals surface area contributed by atoms with Crippen LogP contribution in [0, 0.1) is 18.6 Å². The number of aryl methyl sites for hydroxylation is 1. The molecule has 0 bridgehead atoms. The van der Waals surface area contributed by atoms with Gasteiger partial charge in [0.05, 0.1) is 5.00 Å². The second-order valence-corrected chi connectivity index (χ2v) is 4.53. The van der Waals surface area contributed by atoms with Crippen LogP contribution in [0.3, 0.4) is 0 Å². The van der Waals surface area contributed by atoms with Crippen molar-refractivity contribution in [3.63, 3.8) is 0 Å². The number of halogens is 2. The molecule has 0 aliphatic heterocycles. The van der Waals surface area contributed by atoms with E-state index in [4.69, 9.17) is 5.73 Å². The Balaban J connectivity index is 2.62. The molecule has 0 fully saturated rings. The number of hydrogen-bond donors (Lipinski definition) is 1. The topological polar surface area (TPSA) is 26.0 Å². The summed E-state index contributed by atoms with van der Waals surface area (Å²) in [4.78, 5) is 0.886. The van der Waals surface area contributed by atoms with Crippen LogP contribution in [-0.2, 0) is 0 Å². The molecule has 1 nitrogen and oxygen atoms in total. The quantitative estimate of drug-likeness (QED) is 0.788. The standard InChI is InChI=1S/C11H9F2NS/c1-6-8(5-11(14)15-6)9-4-7(12)2-3-10(9)13/h2-5H,14H2,1H3. The summed E-state index contributed by atoms with van der Waals surface area (Å²) in [6, 6.07) is 5.07. The predicted molar refractivity (Wildman–Crippen MR) is 58.8 cm³/mol. The molecular weight excluding hydrogens is 216 g/mol. The van der Waals surface area contributed by atoms with Crippen LogP contribution in [0.15, 0.2) is 24.3 Å². The van der Waals surface area contributed by atoms with Crippen LogP contribution in [0.2, 0.25) is 0 Å². The summed E-state index contributed by atoms with van der Waals surface area (Å²) >= 11 is 1.37. The molecule has 1 aromatic heterocycles. The average Bonchev–Trinajstić information content (AvgIpc) is 2.50. The fourth-order valence-corrected chi connectivity index (χ4v) is 2.29. The molecule has 0 unspecified atom stereocenters. The lowest BCUT2D eigenvalue weighted by atomic mass is 10.1. The summed E-state index contributed by atoms with van der Waals surface area (Å²) in [5, 5.41) is 0.603. The van der Waals surface area contributed by atoms with Gasteiger partial charge in [-0.2, -0.15) is 0 Å². The van der Waals surface area contributed by atoms with E-state index in [0.29, 0.717) is 10.6 Å². The summed E-state index contributed by atoms with van der Waals surface area (Å²) in [7, 11) is 0. The van der Waals surface area contributed by atoms with Gasteiger partial charge in [-0.25, -0.2) is 8.78 Å². The van der Waals surface area contributed by atoms with Gasteiger partial charge in [-0.15, -0.1) is 11.3 Å². The molecule has 4 heteroatoms. The molecule has 15 heavy (non-hydrogen) atoms. The third kappa shape index (κ3) is 1.85. The van der Waals surface area contributed by atoms with Crippen LogP contribution in [0.1, 0.15) is 4.88 Å². The summed E-state index contributed by atoms with van der Waals surface area (Å²) in [5.41, 5.74) is 6.53. The average molecular weight is 225 g/mol. The Morgan fingerprint density at radius 1 is 1.13 bits per heavy atom. The van der Waals surface area contributed by atoms with Gasteiger partial charge in [-0.3, -0.25) is 0 Å². The SMILES string of the molecule is Cc1sc(N)cc1-c1cc(F)ccc1F. The highest BCUT2D eigenvalue weighted by Gasteiger charge is 2.11. The molecule has 0 amide bonds. The number of hydrogen-bond acceptors (Lipinski definition) is 2. The maximum atomic E-state index is 13.4. The van der Waals surface area contributed by atoms with Crippen LogP contribution in [0.25, 0.3) is 11.1 Å². The van der Waals surface area contributed by atoms with Crippen molar-refractivity contribution in [1.29, 1.82) is 0 Å². The highest BCUT2D eigenvalue weighted by Crippen LogP contribution is 2.34. The van der Waals surface area contributed by atoms with E-state index in [1.165, 1.54) is 17.4 Å². The smallest absolute Gasteiger partial charge is 0.131 e. The second kappa shape index (κ2) is 3.62. The number of benzene rings is 1. The van der Waals surface area contributed by atoms with Crippen molar-refractivity contribution >= 4 is 16.3 Å². The molecule has 0 atom stereocenters. The van der Waals surface area contributed by atoms with Gasteiger partial charge in [0.1, 0.15) is 11.6 Å². The first-order chi connectivity index (χ1) is 7.08. The molecule has 2 rings (SSSR count). The Morgan fingerprint density at radius 3 is 2.47 bits per heavy atom. The van der Waals surface area contributed by atoms with Gasteiger partial charge in [0.15, 0.2) is 0 Å². The molecule has 1 heterocycles. The normalized spacial score (nSPS) is 10.6. The van der Waals surface area contributed by atoms with Crippen LogP contribution in [0.4, 0.5) is 13.8 Å². The summed E-state index contributed by atoms with van der Waals surface area (Å²) in [6.45, 7) is 1.83. The zero-order valence-electron chi connectivity index (χ0n) is 8.05. The Labute approximate surface area is 90.2 Å². The number of rotatable bonds is 1. The maximum absolute atomic E-state index is 13.4. The lowest BCUT2D eigenvalue weighted by Crippen LogP contribution is -1.86. The molecule has 0 radical (unpaired) electrons. The third-order valence-corrected chi connectivity index (χ3v) is 3.04. The van der Waals surface area contributed by atoms with E-state index in [9.17, 15) is 8.78 Å². The first-order valence-corrected chi connectivity index (χ1v) is 5.21. The fourth-order valence-electron chi connectivity index (χ4n) is 1.48. The van der Waals surface area contributed by atoms with Gasteiger partial charge in [0, 0.05) is 16.0 Å². The van der Waals surface area contributed by atoms with Crippen molar-refractivity contribution in [3.8, 4) is 11.1 Å². The molecule has 0 aliphatic carbocycles. The molecule has 2 N–H and O–H groups in total. The van der Waals surface area contributed by atoms with Crippen molar-refractivity contribution in [3.05, 3.63) is 40.8 Å². The highest BCUT2D eigenvalue weighted by atomic mass is 32.1. The number of nitrogen functional groups attached to an aromatic ring is 1. The summed E-state index contributed by atoms with van der Waals surface area (Å²) in [6.07, 6.45) is 0. The summed E-state index contributed by atoms with van der Waals surface area (Å²) in [5.74, 6) is -0.882. The lowest BCUT2D eigenvalue weighted by molar-refractivity contribution is 0.603. The summed E-state index contributed by atoms with van der Waals surface area (Å²) < 4.78 is 26.4. The van der Waals surface area contributed by atoms with E-state index in [1.54, 1.807) is 6.07 Å². The largest absolute Gasteiger partial charge is 0.391 e. The van der Waals surface area contributed by atoms with Crippen LogP contribution >= 0.6 is 11.3 Å². The van der Waals surface area contributed by atoms with E-state index in [-0.39, 0.29) is 5.56 Å². The van der Waals surface area contributed by atoms with Crippen molar-refractivity contribution in [1.82, 2.24) is 0 Å². The van der Waals surface area contributed by atoms with Gasteiger partial charge >= 0.3 is 0 Å². The van der Waals surface area contributed by atoms with Crippen molar-refractivity contribution in [2.24, 2.45) is 0 Å². The minimum Gasteiger partial charge on any atom is -0.391 e. The van der Waals surface area contributed by atoms with Crippen LogP contribution in [-0.4, -0.2) is 0 Å². The molecule has 0 spiro atoms. The number of anilines is 1. The zero-order chi connectivity index (χ0) is 11.0. The maximum Gasteiger partial charge on any atom is 0.131 e. The highest BCUT2D eigenvalue weighted by molar-refractivity contribution is 7.16.